The molecule has 0 saturated carbocycles. The highest BCUT2D eigenvalue weighted by molar-refractivity contribution is 8.00. The number of hydrogen-bond acceptors (Lipinski definition) is 6. The van der Waals surface area contributed by atoms with Crippen LogP contribution in [0.1, 0.15) is 45.1 Å². The van der Waals surface area contributed by atoms with E-state index in [0.29, 0.717) is 17.3 Å². The molecule has 0 amide bonds. The number of carbonyl (C=O) groups excluding carboxylic acids is 1. The molecular weight excluding hydrogens is 384 g/mol. The van der Waals surface area contributed by atoms with Crippen molar-refractivity contribution in [1.29, 1.82) is 0 Å². The van der Waals surface area contributed by atoms with Gasteiger partial charge in [-0.05, 0) is 42.7 Å². The lowest BCUT2D eigenvalue weighted by Gasteiger charge is -2.17. The van der Waals surface area contributed by atoms with Crippen LogP contribution in [-0.2, 0) is 11.3 Å². The molecule has 0 aliphatic carbocycles. The van der Waals surface area contributed by atoms with Crippen molar-refractivity contribution >= 4 is 17.5 Å². The van der Waals surface area contributed by atoms with Gasteiger partial charge < -0.3 is 4.74 Å². The first-order chi connectivity index (χ1) is 14.1. The average molecular weight is 409 g/mol. The Hall–Kier alpha value is -2.51. The third-order valence-corrected chi connectivity index (χ3v) is 6.30. The fraction of sp³-hybridized carbons (Fsp3) is 0.364. The van der Waals surface area contributed by atoms with Crippen molar-refractivity contribution in [3.63, 3.8) is 0 Å². The topological polar surface area (TPSA) is 69.9 Å². The first-order valence-corrected chi connectivity index (χ1v) is 10.7. The maximum absolute atomic E-state index is 13.4. The summed E-state index contributed by atoms with van der Waals surface area (Å²) in [6, 6.07) is 15.8. The molecule has 1 aliphatic heterocycles. The van der Waals surface area contributed by atoms with Crippen LogP contribution in [0.5, 0.6) is 0 Å². The molecule has 0 bridgehead atoms. The molecule has 2 atom stereocenters. The van der Waals surface area contributed by atoms with Gasteiger partial charge in [-0.15, -0.1) is 5.10 Å². The molecule has 3 aromatic rings. The number of ether oxygens (including phenoxy) is 1. The molecule has 1 fully saturated rings. The normalized spacial score (nSPS) is 17.4. The van der Waals surface area contributed by atoms with Gasteiger partial charge in [-0.3, -0.25) is 4.79 Å². The zero-order valence-electron chi connectivity index (χ0n) is 16.6. The summed E-state index contributed by atoms with van der Waals surface area (Å²) in [4.78, 5) is 13.4. The summed E-state index contributed by atoms with van der Waals surface area (Å²) in [5.74, 6) is 0.0468. The molecule has 7 heteroatoms. The average Bonchev–Trinajstić information content (AvgIpc) is 3.40. The van der Waals surface area contributed by atoms with Gasteiger partial charge in [0.2, 0.25) is 5.16 Å². The van der Waals surface area contributed by atoms with E-state index in [9.17, 15) is 4.79 Å². The van der Waals surface area contributed by atoms with E-state index in [4.69, 9.17) is 4.74 Å². The highest BCUT2D eigenvalue weighted by Crippen LogP contribution is 2.37. The number of carbonyl (C=O) groups is 1. The van der Waals surface area contributed by atoms with Crippen molar-refractivity contribution in [2.75, 3.05) is 6.61 Å². The lowest BCUT2D eigenvalue weighted by Crippen LogP contribution is -2.18. The lowest BCUT2D eigenvalue weighted by molar-refractivity contribution is 0.0911. The molecule has 4 rings (SSSR count). The Morgan fingerprint density at radius 2 is 1.83 bits per heavy atom. The predicted molar refractivity (Wildman–Crippen MR) is 112 cm³/mol. The molecule has 29 heavy (non-hydrogen) atoms. The second kappa shape index (κ2) is 8.88. The monoisotopic (exact) mass is 408 g/mol. The van der Waals surface area contributed by atoms with Gasteiger partial charge in [0, 0.05) is 12.2 Å². The van der Waals surface area contributed by atoms with E-state index in [0.717, 1.165) is 36.1 Å². The van der Waals surface area contributed by atoms with Crippen LogP contribution in [0, 0.1) is 13.8 Å². The van der Waals surface area contributed by atoms with Gasteiger partial charge in [-0.25, -0.2) is 4.68 Å². The quantitative estimate of drug-likeness (QED) is 0.431. The molecule has 6 nitrogen and oxygen atoms in total. The molecule has 150 valence electrons. The van der Waals surface area contributed by atoms with Gasteiger partial charge in [0.15, 0.2) is 5.78 Å². The minimum absolute atomic E-state index is 0.0468. The van der Waals surface area contributed by atoms with Crippen LogP contribution in [0.2, 0.25) is 0 Å². The van der Waals surface area contributed by atoms with E-state index < -0.39 is 5.25 Å². The van der Waals surface area contributed by atoms with E-state index in [1.807, 2.05) is 62.4 Å². The van der Waals surface area contributed by atoms with E-state index in [1.165, 1.54) is 11.8 Å². The summed E-state index contributed by atoms with van der Waals surface area (Å²) in [6.45, 7) is 5.44. The SMILES string of the molecule is Cc1ccc(C(=O)C(Sc2nnnn2CC2CCCO2)c2ccc(C)cc2)cc1. The Labute approximate surface area is 174 Å². The molecule has 0 N–H and O–H groups in total. The first kappa shape index (κ1) is 19.8. The number of hydrogen-bond donors (Lipinski definition) is 0. The zero-order chi connectivity index (χ0) is 20.2. The Morgan fingerprint density at radius 1 is 1.14 bits per heavy atom. The van der Waals surface area contributed by atoms with Crippen LogP contribution in [0.15, 0.2) is 53.7 Å². The number of aryl methyl sites for hydroxylation is 2. The summed E-state index contributed by atoms with van der Waals surface area (Å²) in [6.07, 6.45) is 2.20. The Morgan fingerprint density at radius 3 is 2.48 bits per heavy atom. The van der Waals surface area contributed by atoms with Crippen molar-refractivity contribution in [3.8, 4) is 0 Å². The van der Waals surface area contributed by atoms with Crippen molar-refractivity contribution < 1.29 is 9.53 Å². The van der Waals surface area contributed by atoms with Gasteiger partial charge in [-0.1, -0.05) is 71.4 Å². The number of rotatable bonds is 7. The lowest BCUT2D eigenvalue weighted by atomic mass is 10.0. The van der Waals surface area contributed by atoms with Crippen molar-refractivity contribution in [2.24, 2.45) is 0 Å². The minimum Gasteiger partial charge on any atom is -0.376 e. The fourth-order valence-electron chi connectivity index (χ4n) is 3.37. The van der Waals surface area contributed by atoms with Crippen molar-refractivity contribution in [2.45, 2.75) is 49.7 Å². The second-order valence-corrected chi connectivity index (χ2v) is 8.49. The molecule has 2 aromatic carbocycles. The Bertz CT molecular complexity index is 963. The number of tetrazole rings is 1. The maximum atomic E-state index is 13.4. The second-order valence-electron chi connectivity index (χ2n) is 7.42. The Balaban J connectivity index is 1.62. The third-order valence-electron chi connectivity index (χ3n) is 5.08. The van der Waals surface area contributed by atoms with Crippen LogP contribution >= 0.6 is 11.8 Å². The van der Waals surface area contributed by atoms with Crippen molar-refractivity contribution in [1.82, 2.24) is 20.2 Å². The molecule has 2 heterocycles. The number of nitrogens with zero attached hydrogens (tertiary/aromatic N) is 4. The minimum atomic E-state index is -0.424. The Kier molecular flexibility index (Phi) is 6.06. The van der Waals surface area contributed by atoms with E-state index in [-0.39, 0.29) is 11.9 Å². The number of ketones is 1. The van der Waals surface area contributed by atoms with Crippen molar-refractivity contribution in [3.05, 3.63) is 70.8 Å². The zero-order valence-corrected chi connectivity index (χ0v) is 17.4. The van der Waals surface area contributed by atoms with Gasteiger partial charge in [0.25, 0.3) is 0 Å². The number of thioether (sulfide) groups is 1. The van der Waals surface area contributed by atoms with Gasteiger partial charge >= 0.3 is 0 Å². The summed E-state index contributed by atoms with van der Waals surface area (Å²) < 4.78 is 7.47. The number of aromatic nitrogens is 4. The van der Waals surface area contributed by atoms with E-state index in [2.05, 4.69) is 15.5 Å². The first-order valence-electron chi connectivity index (χ1n) is 9.82. The summed E-state index contributed by atoms with van der Waals surface area (Å²) in [5, 5.41) is 12.4. The highest BCUT2D eigenvalue weighted by Gasteiger charge is 2.27. The highest BCUT2D eigenvalue weighted by atomic mass is 32.2. The smallest absolute Gasteiger partial charge is 0.210 e. The predicted octanol–water partition coefficient (Wildman–Crippen LogP) is 4.19. The van der Waals surface area contributed by atoms with Gasteiger partial charge in [0.05, 0.1) is 12.6 Å². The molecule has 0 radical (unpaired) electrons. The number of benzene rings is 2. The maximum Gasteiger partial charge on any atom is 0.210 e. The van der Waals surface area contributed by atoms with Crippen LogP contribution in [0.4, 0.5) is 0 Å². The molecule has 0 spiro atoms. The summed E-state index contributed by atoms with van der Waals surface area (Å²) >= 11 is 1.39. The summed E-state index contributed by atoms with van der Waals surface area (Å²) in [7, 11) is 0. The fourth-order valence-corrected chi connectivity index (χ4v) is 4.43. The van der Waals surface area contributed by atoms with Gasteiger partial charge in [-0.2, -0.15) is 0 Å². The van der Waals surface area contributed by atoms with Gasteiger partial charge in [0.1, 0.15) is 5.25 Å². The molecule has 1 aliphatic rings. The standard InChI is InChI=1S/C22H24N4O2S/c1-15-5-9-17(10-6-15)20(27)21(18-11-7-16(2)8-12-18)29-22-23-24-25-26(22)14-19-4-3-13-28-19/h5-12,19,21H,3-4,13-14H2,1-2H3. The molecular formula is C22H24N4O2S. The van der Waals surface area contributed by atoms with E-state index >= 15 is 0 Å². The third kappa shape index (κ3) is 4.74. The van der Waals surface area contributed by atoms with Crippen LogP contribution in [0.25, 0.3) is 0 Å². The number of Topliss-reactive ketones (excluding diaryl/α,β-unsaturated/α-hetero) is 1. The molecule has 1 aromatic heterocycles. The van der Waals surface area contributed by atoms with Crippen LogP contribution < -0.4 is 0 Å². The molecule has 2 unspecified atom stereocenters. The summed E-state index contributed by atoms with van der Waals surface area (Å²) in [5.41, 5.74) is 3.91. The van der Waals surface area contributed by atoms with Crippen LogP contribution in [-0.4, -0.2) is 38.7 Å². The largest absolute Gasteiger partial charge is 0.376 e. The van der Waals surface area contributed by atoms with E-state index in [1.54, 1.807) is 4.68 Å². The van der Waals surface area contributed by atoms with Crippen LogP contribution in [0.3, 0.4) is 0 Å². The molecule has 1 saturated heterocycles.